The molecule has 3 amide bonds. The van der Waals surface area contributed by atoms with E-state index in [2.05, 4.69) is 10.6 Å². The van der Waals surface area contributed by atoms with Crippen molar-refractivity contribution < 1.29 is 14.4 Å². The lowest BCUT2D eigenvalue weighted by molar-refractivity contribution is -0.141. The van der Waals surface area contributed by atoms with E-state index in [1.807, 2.05) is 13.8 Å². The molecule has 7 heteroatoms. The number of halogens is 1. The first-order valence-electron chi connectivity index (χ1n) is 8.35. The van der Waals surface area contributed by atoms with Crippen LogP contribution in [0.3, 0.4) is 0 Å². The smallest absolute Gasteiger partial charge is 0.252 e. The molecule has 130 valence electrons. The van der Waals surface area contributed by atoms with Crippen LogP contribution in [0.25, 0.3) is 0 Å². The van der Waals surface area contributed by atoms with Crippen molar-refractivity contribution in [2.24, 2.45) is 5.92 Å². The van der Waals surface area contributed by atoms with Gasteiger partial charge in [0.25, 0.3) is 5.91 Å². The van der Waals surface area contributed by atoms with Gasteiger partial charge in [-0.2, -0.15) is 0 Å². The van der Waals surface area contributed by atoms with Crippen molar-refractivity contribution in [3.63, 3.8) is 0 Å². The van der Waals surface area contributed by atoms with E-state index in [-0.39, 0.29) is 42.6 Å². The quantitative estimate of drug-likeness (QED) is 0.746. The fourth-order valence-electron chi connectivity index (χ4n) is 4.16. The Balaban J connectivity index is 0.00000192. The summed E-state index contributed by atoms with van der Waals surface area (Å²) in [6.07, 6.45) is 5.07. The maximum Gasteiger partial charge on any atom is 0.252 e. The highest BCUT2D eigenvalue weighted by molar-refractivity contribution is 6.07. The van der Waals surface area contributed by atoms with E-state index in [4.69, 9.17) is 0 Å². The number of hydrogen-bond donors (Lipinski definition) is 2. The zero-order valence-electron chi connectivity index (χ0n) is 13.7. The van der Waals surface area contributed by atoms with Gasteiger partial charge in [0, 0.05) is 24.5 Å². The Morgan fingerprint density at radius 1 is 1.26 bits per heavy atom. The summed E-state index contributed by atoms with van der Waals surface area (Å²) in [7, 11) is 0. The molecule has 0 spiro atoms. The van der Waals surface area contributed by atoms with Gasteiger partial charge in [-0.05, 0) is 45.4 Å². The van der Waals surface area contributed by atoms with E-state index in [9.17, 15) is 14.4 Å². The van der Waals surface area contributed by atoms with Crippen LogP contribution in [0, 0.1) is 5.92 Å². The highest BCUT2D eigenvalue weighted by Gasteiger charge is 2.41. The topological polar surface area (TPSA) is 78.5 Å². The maximum absolute atomic E-state index is 12.2. The molecular weight excluding hydrogens is 318 g/mol. The molecule has 3 aliphatic heterocycles. The Labute approximate surface area is 143 Å². The molecule has 3 aliphatic rings. The van der Waals surface area contributed by atoms with E-state index in [0.29, 0.717) is 24.4 Å². The predicted molar refractivity (Wildman–Crippen MR) is 88.1 cm³/mol. The van der Waals surface area contributed by atoms with Gasteiger partial charge in [0.15, 0.2) is 0 Å². The summed E-state index contributed by atoms with van der Waals surface area (Å²) in [4.78, 5) is 37.5. The number of nitrogens with one attached hydrogen (secondary N) is 2. The molecule has 3 fully saturated rings. The minimum absolute atomic E-state index is 0. The van der Waals surface area contributed by atoms with Gasteiger partial charge in [0.05, 0.1) is 6.42 Å². The molecule has 0 aliphatic carbocycles. The first kappa shape index (κ1) is 18.2. The third kappa shape index (κ3) is 3.86. The van der Waals surface area contributed by atoms with Gasteiger partial charge in [0.1, 0.15) is 6.04 Å². The Morgan fingerprint density at radius 3 is 2.39 bits per heavy atom. The summed E-state index contributed by atoms with van der Waals surface area (Å²) in [6.45, 7) is 3.62. The van der Waals surface area contributed by atoms with Crippen LogP contribution in [-0.4, -0.2) is 46.8 Å². The fourth-order valence-corrected chi connectivity index (χ4v) is 4.16. The second-order valence-electron chi connectivity index (χ2n) is 7.20. The molecule has 3 atom stereocenters. The molecule has 2 N–H and O–H groups in total. The van der Waals surface area contributed by atoms with Gasteiger partial charge in [-0.3, -0.25) is 19.3 Å². The SMILES string of the molecule is CC(C)N1C(=O)CC(NC(=O)CC2CC3CCC(C2)N3)C1=O.Cl. The molecule has 0 saturated carbocycles. The van der Waals surface area contributed by atoms with Crippen molar-refractivity contribution in [3.8, 4) is 0 Å². The Hall–Kier alpha value is -1.14. The lowest BCUT2D eigenvalue weighted by Crippen LogP contribution is -2.45. The standard InChI is InChI=1S/C16H25N3O3.ClH/c1-9(2)19-15(21)8-13(16(19)22)18-14(20)7-10-5-11-3-4-12(6-10)17-11;/h9-13,17H,3-8H2,1-2H3,(H,18,20);1H. The first-order chi connectivity index (χ1) is 10.4. The lowest BCUT2D eigenvalue weighted by Gasteiger charge is -2.28. The monoisotopic (exact) mass is 343 g/mol. The van der Waals surface area contributed by atoms with Gasteiger partial charge in [0.2, 0.25) is 11.8 Å². The summed E-state index contributed by atoms with van der Waals surface area (Å²) in [6, 6.07) is 0.299. The van der Waals surface area contributed by atoms with Gasteiger partial charge in [-0.1, -0.05) is 0 Å². The van der Waals surface area contributed by atoms with E-state index in [0.717, 1.165) is 12.8 Å². The maximum atomic E-state index is 12.2. The number of likely N-dealkylation sites (tertiary alicyclic amines) is 1. The zero-order valence-corrected chi connectivity index (χ0v) is 14.5. The average molecular weight is 344 g/mol. The van der Waals surface area contributed by atoms with Crippen molar-refractivity contribution >= 4 is 30.1 Å². The second-order valence-corrected chi connectivity index (χ2v) is 7.20. The van der Waals surface area contributed by atoms with Crippen molar-refractivity contribution in [3.05, 3.63) is 0 Å². The molecule has 3 unspecified atom stereocenters. The van der Waals surface area contributed by atoms with Crippen LogP contribution >= 0.6 is 12.4 Å². The Morgan fingerprint density at radius 2 is 1.87 bits per heavy atom. The summed E-state index contributed by atoms with van der Waals surface area (Å²) >= 11 is 0. The summed E-state index contributed by atoms with van der Waals surface area (Å²) < 4.78 is 0. The van der Waals surface area contributed by atoms with Crippen molar-refractivity contribution in [2.75, 3.05) is 0 Å². The molecule has 0 aromatic rings. The minimum Gasteiger partial charge on any atom is -0.344 e. The molecular formula is C16H26ClN3O3. The number of fused-ring (bicyclic) bond motifs is 2. The van der Waals surface area contributed by atoms with E-state index in [1.54, 1.807) is 0 Å². The number of amides is 3. The van der Waals surface area contributed by atoms with Crippen LogP contribution < -0.4 is 10.6 Å². The normalized spacial score (nSPS) is 33.1. The number of imide groups is 1. The van der Waals surface area contributed by atoms with Crippen LogP contribution in [0.4, 0.5) is 0 Å². The Bertz CT molecular complexity index is 485. The second kappa shape index (κ2) is 7.18. The lowest BCUT2D eigenvalue weighted by atomic mass is 9.89. The molecule has 0 aromatic carbocycles. The molecule has 6 nitrogen and oxygen atoms in total. The minimum atomic E-state index is -0.666. The molecule has 23 heavy (non-hydrogen) atoms. The fraction of sp³-hybridized carbons (Fsp3) is 0.812. The highest BCUT2D eigenvalue weighted by Crippen LogP contribution is 2.32. The number of rotatable bonds is 4. The molecule has 3 saturated heterocycles. The van der Waals surface area contributed by atoms with Crippen molar-refractivity contribution in [1.29, 1.82) is 0 Å². The first-order valence-corrected chi connectivity index (χ1v) is 8.35. The molecule has 2 bridgehead atoms. The van der Waals surface area contributed by atoms with E-state index in [1.165, 1.54) is 17.7 Å². The van der Waals surface area contributed by atoms with E-state index >= 15 is 0 Å². The number of hydrogen-bond acceptors (Lipinski definition) is 4. The number of carbonyl (C=O) groups excluding carboxylic acids is 3. The van der Waals surface area contributed by atoms with Crippen LogP contribution in [-0.2, 0) is 14.4 Å². The molecule has 0 radical (unpaired) electrons. The van der Waals surface area contributed by atoms with Crippen LogP contribution in [0.5, 0.6) is 0 Å². The third-order valence-corrected chi connectivity index (χ3v) is 5.08. The van der Waals surface area contributed by atoms with Crippen LogP contribution in [0.15, 0.2) is 0 Å². The van der Waals surface area contributed by atoms with Crippen LogP contribution in [0.1, 0.15) is 52.4 Å². The van der Waals surface area contributed by atoms with Gasteiger partial charge in [-0.25, -0.2) is 0 Å². The predicted octanol–water partition coefficient (Wildman–Crippen LogP) is 0.981. The summed E-state index contributed by atoms with van der Waals surface area (Å²) in [5, 5.41) is 6.33. The third-order valence-electron chi connectivity index (χ3n) is 5.08. The number of piperidine rings is 1. The van der Waals surface area contributed by atoms with Crippen LogP contribution in [0.2, 0.25) is 0 Å². The molecule has 3 rings (SSSR count). The molecule has 0 aromatic heterocycles. The highest BCUT2D eigenvalue weighted by atomic mass is 35.5. The van der Waals surface area contributed by atoms with Gasteiger partial charge in [-0.15, -0.1) is 12.4 Å². The average Bonchev–Trinajstić information content (AvgIpc) is 2.89. The molecule has 3 heterocycles. The zero-order chi connectivity index (χ0) is 15.9. The largest absolute Gasteiger partial charge is 0.344 e. The van der Waals surface area contributed by atoms with E-state index < -0.39 is 6.04 Å². The van der Waals surface area contributed by atoms with Gasteiger partial charge >= 0.3 is 0 Å². The summed E-state index contributed by atoms with van der Waals surface area (Å²) in [5.41, 5.74) is 0. The van der Waals surface area contributed by atoms with Crippen molar-refractivity contribution in [2.45, 2.75) is 76.5 Å². The van der Waals surface area contributed by atoms with Gasteiger partial charge < -0.3 is 10.6 Å². The number of nitrogens with zero attached hydrogens (tertiary/aromatic N) is 1. The number of carbonyl (C=O) groups is 3. The Kier molecular flexibility index (Phi) is 5.68. The summed E-state index contributed by atoms with van der Waals surface area (Å²) in [5.74, 6) is -0.154. The van der Waals surface area contributed by atoms with Crippen molar-refractivity contribution in [1.82, 2.24) is 15.5 Å².